The van der Waals surface area contributed by atoms with Crippen LogP contribution in [0.25, 0.3) is 0 Å². The molecular weight excluding hydrogens is 408 g/mol. The molecule has 1 atom stereocenters. The molecule has 0 aromatic heterocycles. The number of phenols is 1. The zero-order chi connectivity index (χ0) is 22.5. The van der Waals surface area contributed by atoms with Gasteiger partial charge in [0.05, 0.1) is 23.9 Å². The molecule has 2 aliphatic heterocycles. The first kappa shape index (κ1) is 21.7. The van der Waals surface area contributed by atoms with Gasteiger partial charge in [-0.05, 0) is 24.6 Å². The molecule has 0 bridgehead atoms. The highest BCUT2D eigenvalue weighted by molar-refractivity contribution is 5.95. The van der Waals surface area contributed by atoms with E-state index in [0.717, 1.165) is 37.4 Å². The second-order valence-electron chi connectivity index (χ2n) is 7.81. The first-order valence-corrected chi connectivity index (χ1v) is 10.8. The summed E-state index contributed by atoms with van der Waals surface area (Å²) in [4.78, 5) is 29.7. The number of rotatable bonds is 6. The normalized spacial score (nSPS) is 19.3. The SMILES string of the molecule is CCOC(=O)C1=C(CN2CCN(c3ccccc3O)CC2)NC(=O)NC1c1ccccc1. The van der Waals surface area contributed by atoms with Gasteiger partial charge in [-0.3, -0.25) is 4.90 Å². The fraction of sp³-hybridized carbons (Fsp3) is 0.333. The smallest absolute Gasteiger partial charge is 0.338 e. The van der Waals surface area contributed by atoms with Crippen molar-refractivity contribution in [2.24, 2.45) is 0 Å². The largest absolute Gasteiger partial charge is 0.506 e. The summed E-state index contributed by atoms with van der Waals surface area (Å²) in [6.07, 6.45) is 0. The molecule has 2 amide bonds. The number of hydrogen-bond donors (Lipinski definition) is 3. The van der Waals surface area contributed by atoms with E-state index in [1.807, 2.05) is 42.5 Å². The predicted octanol–water partition coefficient (Wildman–Crippen LogP) is 2.39. The van der Waals surface area contributed by atoms with Crippen LogP contribution in [0.15, 0.2) is 65.9 Å². The number of para-hydroxylation sites is 2. The molecule has 8 heteroatoms. The molecule has 0 aliphatic carbocycles. The zero-order valence-corrected chi connectivity index (χ0v) is 18.1. The summed E-state index contributed by atoms with van der Waals surface area (Å²) >= 11 is 0. The maximum Gasteiger partial charge on any atom is 0.338 e. The summed E-state index contributed by atoms with van der Waals surface area (Å²) in [6, 6.07) is 15.8. The van der Waals surface area contributed by atoms with Crippen molar-refractivity contribution in [1.82, 2.24) is 15.5 Å². The van der Waals surface area contributed by atoms with Gasteiger partial charge < -0.3 is 25.4 Å². The number of urea groups is 1. The Morgan fingerprint density at radius 1 is 1.06 bits per heavy atom. The summed E-state index contributed by atoms with van der Waals surface area (Å²) < 4.78 is 5.33. The van der Waals surface area contributed by atoms with Gasteiger partial charge in [-0.15, -0.1) is 0 Å². The molecule has 2 aromatic carbocycles. The second kappa shape index (κ2) is 9.74. The average Bonchev–Trinajstić information content (AvgIpc) is 2.80. The Morgan fingerprint density at radius 2 is 1.75 bits per heavy atom. The van der Waals surface area contributed by atoms with Crippen molar-refractivity contribution in [3.63, 3.8) is 0 Å². The molecule has 32 heavy (non-hydrogen) atoms. The molecule has 1 fully saturated rings. The number of carbonyl (C=O) groups is 2. The van der Waals surface area contributed by atoms with Gasteiger partial charge in [0.1, 0.15) is 5.75 Å². The van der Waals surface area contributed by atoms with Crippen LogP contribution in [0.3, 0.4) is 0 Å². The number of amides is 2. The Balaban J connectivity index is 1.55. The lowest BCUT2D eigenvalue weighted by atomic mass is 9.95. The molecule has 2 aromatic rings. The van der Waals surface area contributed by atoms with Gasteiger partial charge in [-0.2, -0.15) is 0 Å². The molecule has 2 heterocycles. The van der Waals surface area contributed by atoms with Gasteiger partial charge >= 0.3 is 12.0 Å². The van der Waals surface area contributed by atoms with Gasteiger partial charge in [0, 0.05) is 38.4 Å². The van der Waals surface area contributed by atoms with Crippen molar-refractivity contribution in [2.75, 3.05) is 44.2 Å². The van der Waals surface area contributed by atoms with Crippen LogP contribution in [0.1, 0.15) is 18.5 Å². The minimum atomic E-state index is -0.568. The van der Waals surface area contributed by atoms with E-state index in [2.05, 4.69) is 20.4 Å². The van der Waals surface area contributed by atoms with Crippen molar-refractivity contribution in [2.45, 2.75) is 13.0 Å². The zero-order valence-electron chi connectivity index (χ0n) is 18.1. The first-order valence-electron chi connectivity index (χ1n) is 10.8. The molecule has 1 unspecified atom stereocenters. The predicted molar refractivity (Wildman–Crippen MR) is 121 cm³/mol. The topological polar surface area (TPSA) is 94.1 Å². The Hall–Kier alpha value is -3.52. The highest BCUT2D eigenvalue weighted by Crippen LogP contribution is 2.30. The summed E-state index contributed by atoms with van der Waals surface area (Å²) in [7, 11) is 0. The Bertz CT molecular complexity index is 1000. The molecule has 4 rings (SSSR count). The Labute approximate surface area is 187 Å². The fourth-order valence-electron chi connectivity index (χ4n) is 4.19. The minimum Gasteiger partial charge on any atom is -0.506 e. The van der Waals surface area contributed by atoms with Crippen LogP contribution in [-0.4, -0.2) is 61.3 Å². The van der Waals surface area contributed by atoms with E-state index in [4.69, 9.17) is 4.74 Å². The van der Waals surface area contributed by atoms with Crippen molar-refractivity contribution in [3.8, 4) is 5.75 Å². The summed E-state index contributed by atoms with van der Waals surface area (Å²) in [5.74, 6) is -0.165. The number of benzene rings is 2. The Morgan fingerprint density at radius 3 is 2.44 bits per heavy atom. The van der Waals surface area contributed by atoms with Gasteiger partial charge in [-0.25, -0.2) is 9.59 Å². The van der Waals surface area contributed by atoms with E-state index in [9.17, 15) is 14.7 Å². The lowest BCUT2D eigenvalue weighted by Crippen LogP contribution is -2.51. The Kier molecular flexibility index (Phi) is 6.61. The molecule has 0 saturated carbocycles. The fourth-order valence-corrected chi connectivity index (χ4v) is 4.19. The number of esters is 1. The lowest BCUT2D eigenvalue weighted by molar-refractivity contribution is -0.139. The maximum atomic E-state index is 12.9. The monoisotopic (exact) mass is 436 g/mol. The third-order valence-electron chi connectivity index (χ3n) is 5.76. The third-order valence-corrected chi connectivity index (χ3v) is 5.76. The minimum absolute atomic E-state index is 0.254. The standard InChI is InChI=1S/C24H28N4O4/c1-2-32-23(30)21-18(25-24(31)26-22(21)17-8-4-3-5-9-17)16-27-12-14-28(15-13-27)19-10-6-7-11-20(19)29/h3-11,22,29H,2,12-16H2,1H3,(H2,25,26,31). The van der Waals surface area contributed by atoms with Crippen LogP contribution in [0.2, 0.25) is 0 Å². The molecule has 2 aliphatic rings. The highest BCUT2D eigenvalue weighted by Gasteiger charge is 2.34. The van der Waals surface area contributed by atoms with Crippen LogP contribution in [0, 0.1) is 0 Å². The number of nitrogens with one attached hydrogen (secondary N) is 2. The van der Waals surface area contributed by atoms with Crippen molar-refractivity contribution < 1.29 is 19.4 Å². The van der Waals surface area contributed by atoms with Crippen molar-refractivity contribution in [1.29, 1.82) is 0 Å². The summed E-state index contributed by atoms with van der Waals surface area (Å²) in [6.45, 7) is 5.37. The highest BCUT2D eigenvalue weighted by atomic mass is 16.5. The van der Waals surface area contributed by atoms with Gasteiger partial charge in [0.25, 0.3) is 0 Å². The van der Waals surface area contributed by atoms with Crippen LogP contribution < -0.4 is 15.5 Å². The quantitative estimate of drug-likeness (QED) is 0.602. The number of carbonyl (C=O) groups excluding carboxylic acids is 2. The molecular formula is C24H28N4O4. The van der Waals surface area contributed by atoms with Gasteiger partial charge in [0.15, 0.2) is 0 Å². The lowest BCUT2D eigenvalue weighted by Gasteiger charge is -2.38. The molecule has 168 valence electrons. The number of hydrogen-bond acceptors (Lipinski definition) is 6. The molecule has 1 saturated heterocycles. The first-order chi connectivity index (χ1) is 15.6. The van der Waals surface area contributed by atoms with E-state index >= 15 is 0 Å². The van der Waals surface area contributed by atoms with Crippen LogP contribution >= 0.6 is 0 Å². The molecule has 8 nitrogen and oxygen atoms in total. The number of ether oxygens (including phenoxy) is 1. The number of phenolic OH excluding ortho intramolecular Hbond substituents is 1. The second-order valence-corrected chi connectivity index (χ2v) is 7.81. The third kappa shape index (κ3) is 4.70. The van der Waals surface area contributed by atoms with Crippen molar-refractivity contribution >= 4 is 17.7 Å². The van der Waals surface area contributed by atoms with E-state index in [-0.39, 0.29) is 18.4 Å². The van der Waals surface area contributed by atoms with Gasteiger partial charge in [0.2, 0.25) is 0 Å². The summed E-state index contributed by atoms with van der Waals surface area (Å²) in [5, 5.41) is 15.8. The van der Waals surface area contributed by atoms with E-state index in [1.165, 1.54) is 0 Å². The van der Waals surface area contributed by atoms with Crippen LogP contribution in [0.4, 0.5) is 10.5 Å². The summed E-state index contributed by atoms with van der Waals surface area (Å²) in [5.41, 5.74) is 2.64. The number of anilines is 1. The molecule has 3 N–H and O–H groups in total. The number of aromatic hydroxyl groups is 1. The van der Waals surface area contributed by atoms with Crippen molar-refractivity contribution in [3.05, 3.63) is 71.4 Å². The molecule has 0 radical (unpaired) electrons. The van der Waals surface area contributed by atoms with E-state index in [0.29, 0.717) is 17.8 Å². The molecule has 0 spiro atoms. The van der Waals surface area contributed by atoms with E-state index in [1.54, 1.807) is 19.1 Å². The van der Waals surface area contributed by atoms with Gasteiger partial charge in [-0.1, -0.05) is 42.5 Å². The van der Waals surface area contributed by atoms with Crippen LogP contribution in [-0.2, 0) is 9.53 Å². The number of nitrogens with zero attached hydrogens (tertiary/aromatic N) is 2. The number of piperazine rings is 1. The maximum absolute atomic E-state index is 12.9. The van der Waals surface area contributed by atoms with Crippen LogP contribution in [0.5, 0.6) is 5.75 Å². The van der Waals surface area contributed by atoms with E-state index < -0.39 is 12.0 Å². The average molecular weight is 437 g/mol.